The van der Waals surface area contributed by atoms with Gasteiger partial charge in [-0.05, 0) is 31.5 Å². The van der Waals surface area contributed by atoms with Gasteiger partial charge in [-0.3, -0.25) is 0 Å². The van der Waals surface area contributed by atoms with Crippen molar-refractivity contribution >= 4 is 23.1 Å². The molecule has 0 unspecified atom stereocenters. The van der Waals surface area contributed by atoms with Crippen LogP contribution in [0.1, 0.15) is 11.4 Å². The summed E-state index contributed by atoms with van der Waals surface area (Å²) in [6.07, 6.45) is -0.323. The first-order chi connectivity index (χ1) is 12.4. The third kappa shape index (κ3) is 3.53. The molecule has 0 amide bonds. The van der Waals surface area contributed by atoms with Gasteiger partial charge < -0.3 is 14.4 Å². The van der Waals surface area contributed by atoms with E-state index in [4.69, 9.17) is 31.2 Å². The molecule has 0 saturated heterocycles. The molecule has 2 aromatic heterocycles. The summed E-state index contributed by atoms with van der Waals surface area (Å²) in [6, 6.07) is 9.75. The lowest BCUT2D eigenvalue weighted by atomic mass is 10.1. The summed E-state index contributed by atoms with van der Waals surface area (Å²) >= 11 is 6.03. The number of hydrogen-bond acceptors (Lipinski definition) is 5. The summed E-state index contributed by atoms with van der Waals surface area (Å²) in [7, 11) is 5.25. The fourth-order valence-corrected chi connectivity index (χ4v) is 3.14. The monoisotopic (exact) mass is 374 g/mol. The highest BCUT2D eigenvalue weighted by molar-refractivity contribution is 6.30. The summed E-state index contributed by atoms with van der Waals surface area (Å²) < 4.78 is 12.5. The molecular weight excluding hydrogens is 352 g/mol. The lowest BCUT2D eigenvalue weighted by Gasteiger charge is -2.24. The first-order valence-corrected chi connectivity index (χ1v) is 8.72. The Hall–Kier alpha value is -2.15. The summed E-state index contributed by atoms with van der Waals surface area (Å²) in [4.78, 5) is 6.79. The third-order valence-corrected chi connectivity index (χ3v) is 4.60. The lowest BCUT2D eigenvalue weighted by molar-refractivity contribution is -0.0945. The van der Waals surface area contributed by atoms with Crippen molar-refractivity contribution in [1.82, 2.24) is 14.6 Å². The fourth-order valence-electron chi connectivity index (χ4n) is 3.01. The molecule has 0 atom stereocenters. The van der Waals surface area contributed by atoms with Gasteiger partial charge in [-0.1, -0.05) is 23.7 Å². The van der Waals surface area contributed by atoms with Crippen molar-refractivity contribution in [3.8, 4) is 11.1 Å². The SMILES string of the molecule is COC(CN(C)c1cc(C)nc2c(-c3ccc(Cl)cc3)c(C)nn12)OC. The molecule has 0 radical (unpaired) electrons. The fraction of sp³-hybridized carbons (Fsp3) is 0.368. The normalized spacial score (nSPS) is 11.5. The second-order valence-electron chi connectivity index (χ2n) is 6.24. The maximum atomic E-state index is 6.03. The molecule has 3 aromatic rings. The van der Waals surface area contributed by atoms with Crippen LogP contribution in [0.3, 0.4) is 0 Å². The van der Waals surface area contributed by atoms with Crippen LogP contribution in [0.4, 0.5) is 5.82 Å². The van der Waals surface area contributed by atoms with Crippen molar-refractivity contribution in [3.63, 3.8) is 0 Å². The van der Waals surface area contributed by atoms with E-state index in [1.165, 1.54) is 0 Å². The molecule has 0 aliphatic heterocycles. The second-order valence-corrected chi connectivity index (χ2v) is 6.68. The number of hydrogen-bond donors (Lipinski definition) is 0. The molecule has 2 heterocycles. The van der Waals surface area contributed by atoms with Gasteiger partial charge in [0.25, 0.3) is 0 Å². The predicted molar refractivity (Wildman–Crippen MR) is 104 cm³/mol. The third-order valence-electron chi connectivity index (χ3n) is 4.35. The minimum Gasteiger partial charge on any atom is -0.354 e. The zero-order chi connectivity index (χ0) is 18.8. The van der Waals surface area contributed by atoms with Crippen LogP contribution in [-0.4, -0.2) is 48.7 Å². The van der Waals surface area contributed by atoms with Crippen molar-refractivity contribution in [3.05, 3.63) is 46.7 Å². The molecule has 0 bridgehead atoms. The van der Waals surface area contributed by atoms with Gasteiger partial charge >= 0.3 is 0 Å². The van der Waals surface area contributed by atoms with E-state index in [1.54, 1.807) is 14.2 Å². The first-order valence-electron chi connectivity index (χ1n) is 8.34. The van der Waals surface area contributed by atoms with E-state index in [0.717, 1.165) is 34.0 Å². The molecular formula is C19H23ClN4O2. The van der Waals surface area contributed by atoms with Gasteiger partial charge in [0.1, 0.15) is 5.82 Å². The number of rotatable bonds is 6. The van der Waals surface area contributed by atoms with Crippen molar-refractivity contribution in [2.45, 2.75) is 20.1 Å². The van der Waals surface area contributed by atoms with E-state index >= 15 is 0 Å². The Bertz CT molecular complexity index is 904. The molecule has 0 aliphatic rings. The van der Waals surface area contributed by atoms with Crippen molar-refractivity contribution in [2.75, 3.05) is 32.7 Å². The summed E-state index contributed by atoms with van der Waals surface area (Å²) in [5.41, 5.74) is 4.70. The molecule has 0 fully saturated rings. The smallest absolute Gasteiger partial charge is 0.174 e. The molecule has 0 N–H and O–H groups in total. The number of anilines is 1. The van der Waals surface area contributed by atoms with Gasteiger partial charge in [0.2, 0.25) is 0 Å². The van der Waals surface area contributed by atoms with Gasteiger partial charge in [-0.25, -0.2) is 4.98 Å². The molecule has 0 aliphatic carbocycles. The van der Waals surface area contributed by atoms with Gasteiger partial charge in [-0.2, -0.15) is 9.61 Å². The average molecular weight is 375 g/mol. The number of fused-ring (bicyclic) bond motifs is 1. The van der Waals surface area contributed by atoms with Crippen molar-refractivity contribution in [1.29, 1.82) is 0 Å². The molecule has 138 valence electrons. The topological polar surface area (TPSA) is 51.9 Å². The Morgan fingerprint density at radius 3 is 2.42 bits per heavy atom. The maximum absolute atomic E-state index is 6.03. The van der Waals surface area contributed by atoms with Crippen molar-refractivity contribution in [2.24, 2.45) is 0 Å². The molecule has 0 saturated carbocycles. The lowest BCUT2D eigenvalue weighted by Crippen LogP contribution is -2.33. The standard InChI is InChI=1S/C19H23ClN4O2/c1-12-10-16(23(3)11-17(25-4)26-5)24-19(21-12)18(13(2)22-24)14-6-8-15(20)9-7-14/h6-10,17H,11H2,1-5H3. The van der Waals surface area contributed by atoms with Crippen LogP contribution < -0.4 is 4.90 Å². The highest BCUT2D eigenvalue weighted by atomic mass is 35.5. The minimum absolute atomic E-state index is 0.323. The average Bonchev–Trinajstić information content (AvgIpc) is 2.95. The molecule has 0 spiro atoms. The molecule has 26 heavy (non-hydrogen) atoms. The number of benzene rings is 1. The van der Waals surface area contributed by atoms with E-state index in [-0.39, 0.29) is 6.29 Å². The summed E-state index contributed by atoms with van der Waals surface area (Å²) in [5.74, 6) is 0.926. The van der Waals surface area contributed by atoms with E-state index in [9.17, 15) is 0 Å². The van der Waals surface area contributed by atoms with Crippen LogP contribution >= 0.6 is 11.6 Å². The van der Waals surface area contributed by atoms with E-state index in [1.807, 2.05) is 55.7 Å². The Balaban J connectivity index is 2.12. The zero-order valence-electron chi connectivity index (χ0n) is 15.7. The molecule has 3 rings (SSSR count). The van der Waals surface area contributed by atoms with Crippen LogP contribution in [-0.2, 0) is 9.47 Å². The Kier molecular flexibility index (Phi) is 5.46. The summed E-state index contributed by atoms with van der Waals surface area (Å²) in [5, 5.41) is 5.44. The van der Waals surface area contributed by atoms with Crippen LogP contribution in [0.15, 0.2) is 30.3 Å². The summed E-state index contributed by atoms with van der Waals surface area (Å²) in [6.45, 7) is 4.54. The first kappa shape index (κ1) is 18.6. The maximum Gasteiger partial charge on any atom is 0.174 e. The van der Waals surface area contributed by atoms with E-state index in [2.05, 4.69) is 4.90 Å². The number of likely N-dealkylation sites (N-methyl/N-ethyl adjacent to an activating group) is 1. The Morgan fingerprint density at radius 2 is 1.81 bits per heavy atom. The van der Waals surface area contributed by atoms with Gasteiger partial charge in [0.05, 0.1) is 12.2 Å². The second kappa shape index (κ2) is 7.61. The van der Waals surface area contributed by atoms with Gasteiger partial charge in [-0.15, -0.1) is 0 Å². The molecule has 7 heteroatoms. The number of aromatic nitrogens is 3. The quantitative estimate of drug-likeness (QED) is 0.615. The Labute approximate surface area is 158 Å². The van der Waals surface area contributed by atoms with Gasteiger partial charge in [0.15, 0.2) is 11.9 Å². The molecule has 6 nitrogen and oxygen atoms in total. The van der Waals surface area contributed by atoms with Crippen LogP contribution in [0.5, 0.6) is 0 Å². The number of nitrogens with zero attached hydrogens (tertiary/aromatic N) is 4. The highest BCUT2D eigenvalue weighted by Crippen LogP contribution is 2.30. The number of halogens is 1. The number of ether oxygens (including phenoxy) is 2. The van der Waals surface area contributed by atoms with Crippen LogP contribution in [0.25, 0.3) is 16.8 Å². The highest BCUT2D eigenvalue weighted by Gasteiger charge is 2.19. The Morgan fingerprint density at radius 1 is 1.15 bits per heavy atom. The zero-order valence-corrected chi connectivity index (χ0v) is 16.4. The van der Waals surface area contributed by atoms with Gasteiger partial charge in [0, 0.05) is 43.6 Å². The van der Waals surface area contributed by atoms with E-state index < -0.39 is 0 Å². The largest absolute Gasteiger partial charge is 0.354 e. The minimum atomic E-state index is -0.323. The number of aryl methyl sites for hydroxylation is 2. The van der Waals surface area contributed by atoms with Crippen LogP contribution in [0, 0.1) is 13.8 Å². The van der Waals surface area contributed by atoms with Crippen LogP contribution in [0.2, 0.25) is 5.02 Å². The molecule has 1 aromatic carbocycles. The number of methoxy groups -OCH3 is 2. The van der Waals surface area contributed by atoms with E-state index in [0.29, 0.717) is 11.6 Å². The predicted octanol–water partition coefficient (Wildman–Crippen LogP) is 3.72. The van der Waals surface area contributed by atoms with Crippen molar-refractivity contribution < 1.29 is 9.47 Å².